The summed E-state index contributed by atoms with van der Waals surface area (Å²) in [5.41, 5.74) is 4.17. The first-order valence-corrected chi connectivity index (χ1v) is 6.94. The van der Waals surface area contributed by atoms with Crippen LogP contribution in [0.4, 0.5) is 0 Å². The van der Waals surface area contributed by atoms with Crippen LogP contribution < -0.4 is 0 Å². The van der Waals surface area contributed by atoms with Gasteiger partial charge in [0.1, 0.15) is 5.75 Å². The van der Waals surface area contributed by atoms with Gasteiger partial charge in [-0.3, -0.25) is 0 Å². The van der Waals surface area contributed by atoms with Gasteiger partial charge in [0.15, 0.2) is 5.82 Å². The topological polar surface area (TPSA) is 59.2 Å². The van der Waals surface area contributed by atoms with Gasteiger partial charge in [-0.25, -0.2) is 0 Å². The molecule has 4 rings (SSSR count). The number of aromatic hydroxyl groups is 1. The van der Waals surface area contributed by atoms with Crippen molar-refractivity contribution in [2.45, 2.75) is 19.3 Å². The minimum atomic E-state index is 0.166. The van der Waals surface area contributed by atoms with Crippen molar-refractivity contribution in [2.75, 3.05) is 0 Å². The molecule has 1 aromatic heterocycles. The molecule has 104 valence electrons. The largest absolute Gasteiger partial charge is 0.507 e. The van der Waals surface area contributed by atoms with E-state index >= 15 is 0 Å². The van der Waals surface area contributed by atoms with Crippen LogP contribution in [0.2, 0.25) is 0 Å². The standard InChI is InChI=1S/C17H14N2O2/c1-10-6-7-13(15(20)8-10)17-18-16(19-21-17)14-9-11-4-2-3-5-12(11)14/h2-8,14,20H,9H2,1H3. The minimum absolute atomic E-state index is 0.166. The maximum Gasteiger partial charge on any atom is 0.261 e. The SMILES string of the molecule is Cc1ccc(-c2nc(C3Cc4ccccc43)no2)c(O)c1. The highest BCUT2D eigenvalue weighted by Gasteiger charge is 2.31. The molecule has 0 amide bonds. The molecule has 0 saturated carbocycles. The van der Waals surface area contributed by atoms with Crippen LogP contribution in [-0.2, 0) is 6.42 Å². The van der Waals surface area contributed by atoms with Crippen molar-refractivity contribution in [3.05, 3.63) is 65.0 Å². The first-order valence-electron chi connectivity index (χ1n) is 6.94. The number of phenolic OH excluding ortho intramolecular Hbond substituents is 1. The number of hydrogen-bond acceptors (Lipinski definition) is 4. The van der Waals surface area contributed by atoms with Crippen LogP contribution in [0.1, 0.15) is 28.4 Å². The van der Waals surface area contributed by atoms with Crippen molar-refractivity contribution < 1.29 is 9.63 Å². The van der Waals surface area contributed by atoms with Crippen molar-refractivity contribution in [1.82, 2.24) is 10.1 Å². The summed E-state index contributed by atoms with van der Waals surface area (Å²) < 4.78 is 5.32. The molecule has 0 saturated heterocycles. The predicted octanol–water partition coefficient (Wildman–Crippen LogP) is 3.44. The van der Waals surface area contributed by atoms with Gasteiger partial charge in [0, 0.05) is 0 Å². The van der Waals surface area contributed by atoms with E-state index in [-0.39, 0.29) is 11.7 Å². The monoisotopic (exact) mass is 278 g/mol. The smallest absolute Gasteiger partial charge is 0.261 e. The number of rotatable bonds is 2. The molecule has 0 fully saturated rings. The van der Waals surface area contributed by atoms with Gasteiger partial charge >= 0.3 is 0 Å². The van der Waals surface area contributed by atoms with Gasteiger partial charge in [-0.15, -0.1) is 0 Å². The summed E-state index contributed by atoms with van der Waals surface area (Å²) in [6, 6.07) is 13.7. The van der Waals surface area contributed by atoms with E-state index in [9.17, 15) is 5.11 Å². The van der Waals surface area contributed by atoms with Crippen LogP contribution in [0.25, 0.3) is 11.5 Å². The lowest BCUT2D eigenvalue weighted by Crippen LogP contribution is -2.19. The molecule has 3 aromatic rings. The highest BCUT2D eigenvalue weighted by Crippen LogP contribution is 2.39. The summed E-state index contributed by atoms with van der Waals surface area (Å²) in [4.78, 5) is 4.45. The maximum atomic E-state index is 9.99. The van der Waals surface area contributed by atoms with Crippen molar-refractivity contribution in [2.24, 2.45) is 0 Å². The average molecular weight is 278 g/mol. The Hall–Kier alpha value is -2.62. The fraction of sp³-hybridized carbons (Fsp3) is 0.176. The third-order valence-corrected chi connectivity index (χ3v) is 3.99. The van der Waals surface area contributed by atoms with Gasteiger partial charge in [0.25, 0.3) is 5.89 Å². The number of hydrogen-bond donors (Lipinski definition) is 1. The molecule has 21 heavy (non-hydrogen) atoms. The van der Waals surface area contributed by atoms with Crippen LogP contribution in [0.3, 0.4) is 0 Å². The molecule has 0 bridgehead atoms. The van der Waals surface area contributed by atoms with Gasteiger partial charge in [-0.05, 0) is 42.2 Å². The van der Waals surface area contributed by atoms with Crippen molar-refractivity contribution >= 4 is 0 Å². The zero-order chi connectivity index (χ0) is 14.4. The third-order valence-electron chi connectivity index (χ3n) is 3.99. The Morgan fingerprint density at radius 1 is 1.19 bits per heavy atom. The Balaban J connectivity index is 1.68. The molecular formula is C17H14N2O2. The van der Waals surface area contributed by atoms with E-state index in [0.717, 1.165) is 12.0 Å². The predicted molar refractivity (Wildman–Crippen MR) is 78.1 cm³/mol. The molecule has 1 heterocycles. The number of benzene rings is 2. The van der Waals surface area contributed by atoms with E-state index in [0.29, 0.717) is 17.3 Å². The summed E-state index contributed by atoms with van der Waals surface area (Å²) in [6.45, 7) is 1.92. The molecule has 0 spiro atoms. The second-order valence-corrected chi connectivity index (χ2v) is 5.43. The third kappa shape index (κ3) is 1.91. The van der Waals surface area contributed by atoms with Gasteiger partial charge in [-0.1, -0.05) is 35.5 Å². The molecule has 4 nitrogen and oxygen atoms in total. The van der Waals surface area contributed by atoms with Crippen molar-refractivity contribution in [3.63, 3.8) is 0 Å². The Kier molecular flexibility index (Phi) is 2.57. The van der Waals surface area contributed by atoms with Gasteiger partial charge in [-0.2, -0.15) is 4.98 Å². The van der Waals surface area contributed by atoms with Crippen molar-refractivity contribution in [1.29, 1.82) is 0 Å². The first kappa shape index (κ1) is 12.1. The van der Waals surface area contributed by atoms with Crippen LogP contribution >= 0.6 is 0 Å². The lowest BCUT2D eigenvalue weighted by molar-refractivity contribution is 0.412. The fourth-order valence-corrected chi connectivity index (χ4v) is 2.80. The van der Waals surface area contributed by atoms with E-state index in [2.05, 4.69) is 22.3 Å². The van der Waals surface area contributed by atoms with Crippen LogP contribution in [0.5, 0.6) is 5.75 Å². The summed E-state index contributed by atoms with van der Waals surface area (Å²) in [5.74, 6) is 1.42. The maximum absolute atomic E-state index is 9.99. The Morgan fingerprint density at radius 3 is 2.86 bits per heavy atom. The molecule has 0 aliphatic heterocycles. The molecule has 2 aromatic carbocycles. The number of nitrogens with zero attached hydrogens (tertiary/aromatic N) is 2. The van der Waals surface area contributed by atoms with Crippen LogP contribution in [0.15, 0.2) is 47.0 Å². The molecule has 1 aliphatic rings. The highest BCUT2D eigenvalue weighted by atomic mass is 16.5. The zero-order valence-corrected chi connectivity index (χ0v) is 11.6. The number of aromatic nitrogens is 2. The van der Waals surface area contributed by atoms with Gasteiger partial charge in [0.2, 0.25) is 0 Å². The molecule has 4 heteroatoms. The summed E-state index contributed by atoms with van der Waals surface area (Å²) >= 11 is 0. The Morgan fingerprint density at radius 2 is 2.05 bits per heavy atom. The minimum Gasteiger partial charge on any atom is -0.507 e. The second kappa shape index (κ2) is 4.45. The summed E-state index contributed by atoms with van der Waals surface area (Å²) in [7, 11) is 0. The van der Waals surface area contributed by atoms with E-state index in [1.165, 1.54) is 11.1 Å². The Bertz CT molecular complexity index is 823. The van der Waals surface area contributed by atoms with E-state index in [4.69, 9.17) is 4.52 Å². The lowest BCUT2D eigenvalue weighted by Gasteiger charge is -2.27. The molecule has 1 unspecified atom stereocenters. The zero-order valence-electron chi connectivity index (χ0n) is 11.6. The fourth-order valence-electron chi connectivity index (χ4n) is 2.80. The molecule has 1 atom stereocenters. The Labute approximate surface area is 122 Å². The van der Waals surface area contributed by atoms with Crippen molar-refractivity contribution in [3.8, 4) is 17.2 Å². The quantitative estimate of drug-likeness (QED) is 0.780. The van der Waals surface area contributed by atoms with Gasteiger partial charge < -0.3 is 9.63 Å². The van der Waals surface area contributed by atoms with Gasteiger partial charge in [0.05, 0.1) is 11.5 Å². The van der Waals surface area contributed by atoms with E-state index in [1.54, 1.807) is 12.1 Å². The summed E-state index contributed by atoms with van der Waals surface area (Å²) in [6.07, 6.45) is 0.940. The van der Waals surface area contributed by atoms with Crippen LogP contribution in [-0.4, -0.2) is 15.2 Å². The number of aryl methyl sites for hydroxylation is 1. The van der Waals surface area contributed by atoms with Crippen LogP contribution in [0, 0.1) is 6.92 Å². The highest BCUT2D eigenvalue weighted by molar-refractivity contribution is 5.63. The number of phenols is 1. The van der Waals surface area contributed by atoms with E-state index in [1.807, 2.05) is 25.1 Å². The normalized spacial score (nSPS) is 16.3. The number of fused-ring (bicyclic) bond motifs is 1. The summed E-state index contributed by atoms with van der Waals surface area (Å²) in [5, 5.41) is 14.1. The average Bonchev–Trinajstić information content (AvgIpc) is 2.89. The lowest BCUT2D eigenvalue weighted by atomic mass is 9.77. The molecule has 1 N–H and O–H groups in total. The molecular weight excluding hydrogens is 264 g/mol. The molecule has 0 radical (unpaired) electrons. The second-order valence-electron chi connectivity index (χ2n) is 5.43. The van der Waals surface area contributed by atoms with E-state index < -0.39 is 0 Å². The first-order chi connectivity index (χ1) is 10.2. The molecule has 1 aliphatic carbocycles.